The van der Waals surface area contributed by atoms with Crippen molar-refractivity contribution in [1.29, 1.82) is 0 Å². The van der Waals surface area contributed by atoms with E-state index in [9.17, 15) is 9.59 Å². The lowest BCUT2D eigenvalue weighted by molar-refractivity contribution is -0.121. The lowest BCUT2D eigenvalue weighted by Crippen LogP contribution is -2.43. The summed E-state index contributed by atoms with van der Waals surface area (Å²) in [5.41, 5.74) is 5.47. The lowest BCUT2D eigenvalue weighted by Gasteiger charge is -2.09. The number of unbranched alkanes of at least 4 members (excludes halogenated alkanes) is 8. The first kappa shape index (κ1) is 20.0. The molecule has 0 aliphatic rings. The lowest BCUT2D eigenvalue weighted by atomic mass is 10.1. The molecule has 3 N–H and O–H groups in total. The molecule has 0 spiro atoms. The largest absolute Gasteiger partial charge is 0.337 e. The van der Waals surface area contributed by atoms with Gasteiger partial charge in [0.05, 0.1) is 0 Å². The molecule has 0 atom stereocenters. The van der Waals surface area contributed by atoms with Crippen LogP contribution < -0.4 is 16.2 Å². The van der Waals surface area contributed by atoms with Crippen LogP contribution in [0.1, 0.15) is 71.1 Å². The normalized spacial score (nSPS) is 10.2. The second-order valence-electron chi connectivity index (χ2n) is 6.07. The predicted molar refractivity (Wildman–Crippen MR) is 98.6 cm³/mol. The molecule has 0 bridgehead atoms. The monoisotopic (exact) mass is 333 g/mol. The molecule has 0 unspecified atom stereocenters. The van der Waals surface area contributed by atoms with Gasteiger partial charge in [-0.3, -0.25) is 10.2 Å². The number of hydrazine groups is 1. The number of carbonyl (C=O) groups excluding carboxylic acids is 2. The Bertz CT molecular complexity index is 463. The molecular formula is C19H31N3O2. The number of anilines is 1. The molecule has 1 aromatic rings. The molecule has 0 aliphatic heterocycles. The zero-order valence-corrected chi connectivity index (χ0v) is 14.8. The summed E-state index contributed by atoms with van der Waals surface area (Å²) in [6.07, 6.45) is 11.4. The van der Waals surface area contributed by atoms with Gasteiger partial charge in [0.15, 0.2) is 0 Å². The maximum Gasteiger partial charge on any atom is 0.337 e. The molecule has 3 amide bonds. The SMILES string of the molecule is CCCCCCCCCCCC(=O)NNC(=O)Nc1ccccc1. The maximum absolute atomic E-state index is 11.7. The van der Waals surface area contributed by atoms with Crippen molar-refractivity contribution in [2.75, 3.05) is 5.32 Å². The summed E-state index contributed by atoms with van der Waals surface area (Å²) < 4.78 is 0. The summed E-state index contributed by atoms with van der Waals surface area (Å²) in [5.74, 6) is -0.152. The summed E-state index contributed by atoms with van der Waals surface area (Å²) in [6.45, 7) is 2.23. The number of nitrogens with one attached hydrogen (secondary N) is 3. The fraction of sp³-hybridized carbons (Fsp3) is 0.579. The van der Waals surface area contributed by atoms with E-state index in [1.165, 1.54) is 44.9 Å². The molecule has 0 aliphatic carbocycles. The molecule has 1 aromatic carbocycles. The molecule has 0 radical (unpaired) electrons. The smallest absolute Gasteiger partial charge is 0.307 e. The molecule has 0 aromatic heterocycles. The quantitative estimate of drug-likeness (QED) is 0.403. The van der Waals surface area contributed by atoms with Crippen LogP contribution in [0.4, 0.5) is 10.5 Å². The standard InChI is InChI=1S/C19H31N3O2/c1-2-3-4-5-6-7-8-9-13-16-18(23)21-22-19(24)20-17-14-11-10-12-15-17/h10-12,14-15H,2-9,13,16H2,1H3,(H,21,23)(H2,20,22,24). The number of amides is 3. The van der Waals surface area contributed by atoms with E-state index < -0.39 is 6.03 Å². The summed E-state index contributed by atoms with van der Waals surface area (Å²) in [5, 5.41) is 2.64. The third kappa shape index (κ3) is 10.6. The van der Waals surface area contributed by atoms with Crippen molar-refractivity contribution in [2.24, 2.45) is 0 Å². The van der Waals surface area contributed by atoms with E-state index in [2.05, 4.69) is 23.1 Å². The van der Waals surface area contributed by atoms with Crippen molar-refractivity contribution < 1.29 is 9.59 Å². The highest BCUT2D eigenvalue weighted by Crippen LogP contribution is 2.10. The molecule has 5 heteroatoms. The van der Waals surface area contributed by atoms with Crippen molar-refractivity contribution in [3.05, 3.63) is 30.3 Å². The first-order chi connectivity index (χ1) is 11.7. The van der Waals surface area contributed by atoms with Crippen LogP contribution in [-0.4, -0.2) is 11.9 Å². The van der Waals surface area contributed by atoms with Crippen molar-refractivity contribution >= 4 is 17.6 Å². The van der Waals surface area contributed by atoms with Crippen molar-refractivity contribution in [3.8, 4) is 0 Å². The van der Waals surface area contributed by atoms with E-state index in [0.29, 0.717) is 12.1 Å². The van der Waals surface area contributed by atoms with E-state index in [1.807, 2.05) is 18.2 Å². The Morgan fingerprint density at radius 1 is 0.792 bits per heavy atom. The van der Waals surface area contributed by atoms with Gasteiger partial charge in [-0.05, 0) is 18.6 Å². The van der Waals surface area contributed by atoms with Crippen molar-refractivity contribution in [1.82, 2.24) is 10.9 Å². The van der Waals surface area contributed by atoms with Gasteiger partial charge in [0, 0.05) is 12.1 Å². The Morgan fingerprint density at radius 3 is 2.00 bits per heavy atom. The Morgan fingerprint density at radius 2 is 1.38 bits per heavy atom. The molecule has 0 saturated carbocycles. The van der Waals surface area contributed by atoms with Crippen molar-refractivity contribution in [2.45, 2.75) is 71.1 Å². The minimum absolute atomic E-state index is 0.152. The first-order valence-corrected chi connectivity index (χ1v) is 9.13. The number of urea groups is 1. The molecule has 134 valence electrons. The summed E-state index contributed by atoms with van der Waals surface area (Å²) >= 11 is 0. The summed E-state index contributed by atoms with van der Waals surface area (Å²) in [7, 11) is 0. The highest BCUT2D eigenvalue weighted by molar-refractivity contribution is 5.90. The number of para-hydroxylation sites is 1. The Kier molecular flexibility index (Phi) is 11.2. The zero-order chi connectivity index (χ0) is 17.5. The highest BCUT2D eigenvalue weighted by Gasteiger charge is 2.04. The second-order valence-corrected chi connectivity index (χ2v) is 6.07. The average Bonchev–Trinajstić information content (AvgIpc) is 2.59. The van der Waals surface area contributed by atoms with Gasteiger partial charge < -0.3 is 5.32 Å². The number of benzene rings is 1. The second kappa shape index (κ2) is 13.4. The molecule has 0 saturated heterocycles. The van der Waals surface area contributed by atoms with Gasteiger partial charge in [-0.15, -0.1) is 0 Å². The topological polar surface area (TPSA) is 70.2 Å². The van der Waals surface area contributed by atoms with Crippen molar-refractivity contribution in [3.63, 3.8) is 0 Å². The minimum atomic E-state index is -0.443. The van der Waals surface area contributed by atoms with Gasteiger partial charge in [0.25, 0.3) is 0 Å². The third-order valence-electron chi connectivity index (χ3n) is 3.85. The van der Waals surface area contributed by atoms with Gasteiger partial charge in [-0.2, -0.15) is 0 Å². The maximum atomic E-state index is 11.7. The minimum Gasteiger partial charge on any atom is -0.307 e. The van der Waals surface area contributed by atoms with E-state index in [0.717, 1.165) is 12.8 Å². The van der Waals surface area contributed by atoms with Crippen LogP contribution in [0.15, 0.2) is 30.3 Å². The molecular weight excluding hydrogens is 302 g/mol. The van der Waals surface area contributed by atoms with Crippen LogP contribution in [0, 0.1) is 0 Å². The summed E-state index contributed by atoms with van der Waals surface area (Å²) in [4.78, 5) is 23.3. The number of hydrogen-bond donors (Lipinski definition) is 3. The van der Waals surface area contributed by atoms with Gasteiger partial charge in [0.2, 0.25) is 5.91 Å². The molecule has 24 heavy (non-hydrogen) atoms. The Balaban J connectivity index is 1.95. The molecule has 0 heterocycles. The van der Waals surface area contributed by atoms with Crippen LogP contribution in [0.3, 0.4) is 0 Å². The highest BCUT2D eigenvalue weighted by atomic mass is 16.2. The zero-order valence-electron chi connectivity index (χ0n) is 14.8. The Hall–Kier alpha value is -2.04. The third-order valence-corrected chi connectivity index (χ3v) is 3.85. The van der Waals surface area contributed by atoms with E-state index >= 15 is 0 Å². The van der Waals surface area contributed by atoms with Gasteiger partial charge >= 0.3 is 6.03 Å². The van der Waals surface area contributed by atoms with Gasteiger partial charge in [-0.1, -0.05) is 76.5 Å². The van der Waals surface area contributed by atoms with Gasteiger partial charge in [0.1, 0.15) is 0 Å². The average molecular weight is 333 g/mol. The fourth-order valence-corrected chi connectivity index (χ4v) is 2.47. The number of hydrogen-bond acceptors (Lipinski definition) is 2. The first-order valence-electron chi connectivity index (χ1n) is 9.13. The number of carbonyl (C=O) groups is 2. The Labute approximate surface area is 145 Å². The van der Waals surface area contributed by atoms with Crippen LogP contribution in [0.25, 0.3) is 0 Å². The predicted octanol–water partition coefficient (Wildman–Crippen LogP) is 4.76. The summed E-state index contributed by atoms with van der Waals surface area (Å²) in [6, 6.07) is 8.65. The van der Waals surface area contributed by atoms with E-state index in [1.54, 1.807) is 12.1 Å². The van der Waals surface area contributed by atoms with Crippen LogP contribution in [0.2, 0.25) is 0 Å². The molecule has 1 rings (SSSR count). The molecule has 0 fully saturated rings. The van der Waals surface area contributed by atoms with Crippen LogP contribution >= 0.6 is 0 Å². The van der Waals surface area contributed by atoms with Crippen LogP contribution in [0.5, 0.6) is 0 Å². The fourth-order valence-electron chi connectivity index (χ4n) is 2.47. The molecule has 5 nitrogen and oxygen atoms in total. The van der Waals surface area contributed by atoms with E-state index in [-0.39, 0.29) is 5.91 Å². The van der Waals surface area contributed by atoms with Crippen LogP contribution in [-0.2, 0) is 4.79 Å². The van der Waals surface area contributed by atoms with E-state index in [4.69, 9.17) is 0 Å². The number of rotatable bonds is 11. The van der Waals surface area contributed by atoms with Gasteiger partial charge in [-0.25, -0.2) is 10.2 Å².